The third kappa shape index (κ3) is 3.54. The Kier molecular flexibility index (Phi) is 5.34. The van der Waals surface area contributed by atoms with Crippen molar-refractivity contribution < 1.29 is 14.6 Å². The molecule has 2 rings (SSSR count). The number of hydrogen-bond donors (Lipinski definition) is 2. The van der Waals surface area contributed by atoms with Crippen LogP contribution in [-0.2, 0) is 15.0 Å². The molecule has 1 aromatic carbocycles. The van der Waals surface area contributed by atoms with Crippen molar-refractivity contribution in [1.82, 2.24) is 5.32 Å². The van der Waals surface area contributed by atoms with Crippen LogP contribution in [0.15, 0.2) is 30.3 Å². The van der Waals surface area contributed by atoms with Gasteiger partial charge in [-0.25, -0.2) is 0 Å². The molecule has 2 N–H and O–H groups in total. The molecule has 19 heavy (non-hydrogen) atoms. The number of benzene rings is 1. The minimum absolute atomic E-state index is 0.0536. The molecule has 0 spiro atoms. The van der Waals surface area contributed by atoms with Gasteiger partial charge in [-0.2, -0.15) is 0 Å². The number of aliphatic hydroxyl groups excluding tert-OH is 1. The van der Waals surface area contributed by atoms with Crippen molar-refractivity contribution in [3.05, 3.63) is 35.9 Å². The summed E-state index contributed by atoms with van der Waals surface area (Å²) in [5.41, 5.74) is 0.659. The van der Waals surface area contributed by atoms with E-state index in [9.17, 15) is 5.11 Å². The van der Waals surface area contributed by atoms with E-state index in [-0.39, 0.29) is 12.7 Å². The molecule has 0 aliphatic carbocycles. The highest BCUT2D eigenvalue weighted by molar-refractivity contribution is 5.24. The first kappa shape index (κ1) is 14.5. The van der Waals surface area contributed by atoms with Crippen LogP contribution in [0.1, 0.15) is 18.4 Å². The molecule has 0 bridgehead atoms. The first-order valence-corrected chi connectivity index (χ1v) is 6.85. The zero-order chi connectivity index (χ0) is 13.6. The minimum Gasteiger partial charge on any atom is -0.394 e. The average molecular weight is 265 g/mol. The topological polar surface area (TPSA) is 50.7 Å². The summed E-state index contributed by atoms with van der Waals surface area (Å²) in [4.78, 5) is 0. The largest absolute Gasteiger partial charge is 0.394 e. The minimum atomic E-state index is -0.430. The summed E-state index contributed by atoms with van der Waals surface area (Å²) < 4.78 is 11.1. The Morgan fingerprint density at radius 2 is 2.21 bits per heavy atom. The fourth-order valence-electron chi connectivity index (χ4n) is 2.46. The van der Waals surface area contributed by atoms with Crippen molar-refractivity contribution >= 4 is 0 Å². The van der Waals surface area contributed by atoms with Gasteiger partial charge in [0, 0.05) is 13.2 Å². The van der Waals surface area contributed by atoms with Crippen molar-refractivity contribution in [3.8, 4) is 0 Å². The molecule has 2 unspecified atom stereocenters. The number of ether oxygens (including phenoxy) is 2. The molecule has 0 aromatic heterocycles. The second-order valence-electron chi connectivity index (χ2n) is 4.96. The first-order chi connectivity index (χ1) is 9.30. The lowest BCUT2D eigenvalue weighted by molar-refractivity contribution is 0.0219. The van der Waals surface area contributed by atoms with Crippen LogP contribution in [0.5, 0.6) is 0 Å². The van der Waals surface area contributed by atoms with E-state index in [0.29, 0.717) is 13.2 Å². The fraction of sp³-hybridized carbons (Fsp3) is 0.600. The van der Waals surface area contributed by atoms with Crippen LogP contribution >= 0.6 is 0 Å². The van der Waals surface area contributed by atoms with Gasteiger partial charge in [-0.1, -0.05) is 30.3 Å². The molecule has 0 radical (unpaired) electrons. The van der Waals surface area contributed by atoms with Crippen molar-refractivity contribution in [1.29, 1.82) is 0 Å². The van der Waals surface area contributed by atoms with E-state index in [1.807, 2.05) is 37.4 Å². The van der Waals surface area contributed by atoms with Gasteiger partial charge in [0.2, 0.25) is 0 Å². The molecule has 4 heteroatoms. The maximum Gasteiger partial charge on any atom is 0.0830 e. The van der Waals surface area contributed by atoms with E-state index >= 15 is 0 Å². The van der Waals surface area contributed by atoms with Crippen LogP contribution in [0.3, 0.4) is 0 Å². The SMILES string of the molecule is CNC(CO)(CCOC1CCOC1)c1ccccc1. The summed E-state index contributed by atoms with van der Waals surface area (Å²) in [6.45, 7) is 2.15. The van der Waals surface area contributed by atoms with Gasteiger partial charge in [0.1, 0.15) is 0 Å². The van der Waals surface area contributed by atoms with Crippen LogP contribution in [0, 0.1) is 0 Å². The Balaban J connectivity index is 1.95. The third-order valence-corrected chi connectivity index (χ3v) is 3.85. The first-order valence-electron chi connectivity index (χ1n) is 6.85. The van der Waals surface area contributed by atoms with Gasteiger partial charge in [-0.15, -0.1) is 0 Å². The Bertz CT molecular complexity index is 359. The Hall–Kier alpha value is -0.940. The van der Waals surface area contributed by atoms with E-state index in [2.05, 4.69) is 5.32 Å². The summed E-state index contributed by atoms with van der Waals surface area (Å²) >= 11 is 0. The Morgan fingerprint density at radius 1 is 1.42 bits per heavy atom. The lowest BCUT2D eigenvalue weighted by Crippen LogP contribution is -2.44. The molecule has 2 atom stereocenters. The number of likely N-dealkylation sites (N-methyl/N-ethyl adjacent to an activating group) is 1. The molecule has 0 saturated carbocycles. The average Bonchev–Trinajstić information content (AvgIpc) is 2.98. The van der Waals surface area contributed by atoms with Gasteiger partial charge >= 0.3 is 0 Å². The molecular weight excluding hydrogens is 242 g/mol. The molecule has 1 aromatic rings. The summed E-state index contributed by atoms with van der Waals surface area (Å²) in [6, 6.07) is 10.0. The summed E-state index contributed by atoms with van der Waals surface area (Å²) in [5.74, 6) is 0. The van der Waals surface area contributed by atoms with Crippen molar-refractivity contribution in [2.45, 2.75) is 24.5 Å². The molecule has 106 valence electrons. The van der Waals surface area contributed by atoms with Gasteiger partial charge in [0.05, 0.1) is 24.9 Å². The van der Waals surface area contributed by atoms with Crippen LogP contribution in [-0.4, -0.2) is 44.7 Å². The van der Waals surface area contributed by atoms with Gasteiger partial charge in [0.25, 0.3) is 0 Å². The van der Waals surface area contributed by atoms with Crippen molar-refractivity contribution in [2.24, 2.45) is 0 Å². The van der Waals surface area contributed by atoms with Crippen LogP contribution in [0.2, 0.25) is 0 Å². The molecule has 1 aliphatic rings. The van der Waals surface area contributed by atoms with E-state index in [1.54, 1.807) is 0 Å². The summed E-state index contributed by atoms with van der Waals surface area (Å²) in [5, 5.41) is 13.0. The highest BCUT2D eigenvalue weighted by atomic mass is 16.5. The monoisotopic (exact) mass is 265 g/mol. The number of nitrogens with one attached hydrogen (secondary N) is 1. The van der Waals surface area contributed by atoms with Crippen LogP contribution in [0.4, 0.5) is 0 Å². The zero-order valence-electron chi connectivity index (χ0n) is 11.5. The van der Waals surface area contributed by atoms with E-state index in [1.165, 1.54) is 0 Å². The quantitative estimate of drug-likeness (QED) is 0.780. The number of rotatable bonds is 7. The van der Waals surface area contributed by atoms with Crippen LogP contribution < -0.4 is 5.32 Å². The second-order valence-corrected chi connectivity index (χ2v) is 4.96. The van der Waals surface area contributed by atoms with E-state index in [0.717, 1.165) is 25.0 Å². The highest BCUT2D eigenvalue weighted by Gasteiger charge is 2.29. The van der Waals surface area contributed by atoms with Crippen molar-refractivity contribution in [2.75, 3.05) is 33.5 Å². The van der Waals surface area contributed by atoms with Crippen LogP contribution in [0.25, 0.3) is 0 Å². The maximum atomic E-state index is 9.78. The standard InChI is InChI=1S/C15H23NO3/c1-16-15(12-17,13-5-3-2-4-6-13)8-10-19-14-7-9-18-11-14/h2-6,14,16-17H,7-12H2,1H3. The molecule has 1 heterocycles. The van der Waals surface area contributed by atoms with Gasteiger partial charge < -0.3 is 19.9 Å². The second kappa shape index (κ2) is 7.01. The third-order valence-electron chi connectivity index (χ3n) is 3.85. The van der Waals surface area contributed by atoms with E-state index in [4.69, 9.17) is 9.47 Å². The lowest BCUT2D eigenvalue weighted by atomic mass is 9.88. The number of aliphatic hydroxyl groups is 1. The van der Waals surface area contributed by atoms with Gasteiger partial charge in [0.15, 0.2) is 0 Å². The summed E-state index contributed by atoms with van der Waals surface area (Å²) in [7, 11) is 1.88. The molecule has 1 fully saturated rings. The smallest absolute Gasteiger partial charge is 0.0830 e. The van der Waals surface area contributed by atoms with Gasteiger partial charge in [-0.05, 0) is 25.5 Å². The van der Waals surface area contributed by atoms with Gasteiger partial charge in [-0.3, -0.25) is 0 Å². The molecule has 4 nitrogen and oxygen atoms in total. The maximum absolute atomic E-state index is 9.78. The molecular formula is C15H23NO3. The molecule has 1 aliphatic heterocycles. The molecule has 0 amide bonds. The normalized spacial score (nSPS) is 22.3. The predicted octanol–water partition coefficient (Wildman–Crippen LogP) is 1.29. The highest BCUT2D eigenvalue weighted by Crippen LogP contribution is 2.24. The molecule has 1 saturated heterocycles. The number of hydrogen-bond acceptors (Lipinski definition) is 4. The Labute approximate surface area is 114 Å². The fourth-order valence-corrected chi connectivity index (χ4v) is 2.46. The predicted molar refractivity (Wildman–Crippen MR) is 74.1 cm³/mol. The van der Waals surface area contributed by atoms with E-state index < -0.39 is 5.54 Å². The van der Waals surface area contributed by atoms with Crippen molar-refractivity contribution in [3.63, 3.8) is 0 Å². The summed E-state index contributed by atoms with van der Waals surface area (Å²) in [6.07, 6.45) is 1.92. The Morgan fingerprint density at radius 3 is 2.79 bits per heavy atom. The zero-order valence-corrected chi connectivity index (χ0v) is 11.5. The lowest BCUT2D eigenvalue weighted by Gasteiger charge is -2.32.